The maximum atomic E-state index is 9.42. The molecule has 0 amide bonds. The minimum Gasteiger partial charge on any atom is -0.389 e. The number of fused-ring (bicyclic) bond motifs is 2. The number of nitrogens with two attached hydrogens (primary N) is 1. The highest BCUT2D eigenvalue weighted by atomic mass is 35.5. The largest absolute Gasteiger partial charge is 0.389 e. The minimum absolute atomic E-state index is 0.00667. The first-order valence-electron chi connectivity index (χ1n) is 6.83. The van der Waals surface area contributed by atoms with E-state index in [0.717, 1.165) is 16.2 Å². The molecular formula is C14H8Cl2N6S2. The topological polar surface area (TPSA) is 103 Å². The van der Waals surface area contributed by atoms with Gasteiger partial charge < -0.3 is 10.6 Å². The van der Waals surface area contributed by atoms with E-state index in [1.54, 1.807) is 11.8 Å². The van der Waals surface area contributed by atoms with Gasteiger partial charge >= 0.3 is 0 Å². The molecule has 0 atom stereocenters. The molecule has 2 aromatic rings. The lowest BCUT2D eigenvalue weighted by atomic mass is 9.88. The van der Waals surface area contributed by atoms with Crippen LogP contribution in [0, 0.1) is 22.7 Å². The smallest absolute Gasteiger partial charge is 0.225 e. The number of anilines is 2. The molecule has 10 heteroatoms. The van der Waals surface area contributed by atoms with E-state index in [0.29, 0.717) is 29.5 Å². The van der Waals surface area contributed by atoms with Gasteiger partial charge in [-0.1, -0.05) is 11.6 Å². The van der Waals surface area contributed by atoms with Crippen LogP contribution in [0.1, 0.15) is 21.6 Å². The van der Waals surface area contributed by atoms with Gasteiger partial charge in [0.1, 0.15) is 22.7 Å². The van der Waals surface area contributed by atoms with Crippen LogP contribution in [0.15, 0.2) is 0 Å². The van der Waals surface area contributed by atoms with E-state index < -0.39 is 0 Å². The molecule has 2 aliphatic rings. The van der Waals surface area contributed by atoms with Gasteiger partial charge in [0.25, 0.3) is 0 Å². The molecule has 2 aromatic heterocycles. The van der Waals surface area contributed by atoms with Crippen LogP contribution < -0.4 is 10.6 Å². The maximum absolute atomic E-state index is 9.42. The highest BCUT2D eigenvalue weighted by Gasteiger charge is 2.53. The van der Waals surface area contributed by atoms with Crippen molar-refractivity contribution in [1.82, 2.24) is 9.97 Å². The van der Waals surface area contributed by atoms with Crippen molar-refractivity contribution in [3.63, 3.8) is 0 Å². The van der Waals surface area contributed by atoms with Gasteiger partial charge in [-0.15, -0.1) is 23.1 Å². The van der Waals surface area contributed by atoms with Crippen LogP contribution in [-0.4, -0.2) is 23.1 Å². The quantitative estimate of drug-likeness (QED) is 0.585. The van der Waals surface area contributed by atoms with E-state index in [4.69, 9.17) is 28.9 Å². The van der Waals surface area contributed by atoms with Gasteiger partial charge in [0.15, 0.2) is 11.0 Å². The van der Waals surface area contributed by atoms with E-state index in [1.165, 1.54) is 11.3 Å². The molecule has 1 spiro atoms. The summed E-state index contributed by atoms with van der Waals surface area (Å²) in [7, 11) is 0. The minimum atomic E-state index is -0.189. The van der Waals surface area contributed by atoms with Gasteiger partial charge in [-0.25, -0.2) is 4.98 Å². The summed E-state index contributed by atoms with van der Waals surface area (Å²) < 4.78 is -0.189. The molecule has 2 N–H and O–H groups in total. The molecule has 120 valence electrons. The lowest BCUT2D eigenvalue weighted by Gasteiger charge is -2.48. The molecule has 24 heavy (non-hydrogen) atoms. The number of nitrogen functional groups attached to an aromatic ring is 1. The van der Waals surface area contributed by atoms with Crippen LogP contribution in [0.2, 0.25) is 10.4 Å². The normalized spacial score (nSPS) is 17.2. The molecule has 0 saturated carbocycles. The van der Waals surface area contributed by atoms with Gasteiger partial charge in [-0.05, 0) is 11.6 Å². The molecule has 6 nitrogen and oxygen atoms in total. The van der Waals surface area contributed by atoms with E-state index in [1.807, 2.05) is 11.0 Å². The Balaban J connectivity index is 1.71. The number of aromatic nitrogens is 2. The summed E-state index contributed by atoms with van der Waals surface area (Å²) in [5.74, 6) is 1.28. The zero-order valence-corrected chi connectivity index (χ0v) is 15.2. The van der Waals surface area contributed by atoms with Gasteiger partial charge in [-0.2, -0.15) is 15.5 Å². The third-order valence-electron chi connectivity index (χ3n) is 4.18. The summed E-state index contributed by atoms with van der Waals surface area (Å²) >= 11 is 15.2. The summed E-state index contributed by atoms with van der Waals surface area (Å²) in [6.07, 6.45) is 0. The Labute approximate surface area is 155 Å². The van der Waals surface area contributed by atoms with Crippen LogP contribution in [0.5, 0.6) is 0 Å². The number of thioether (sulfide) groups is 1. The second kappa shape index (κ2) is 5.40. The molecule has 0 aliphatic carbocycles. The van der Waals surface area contributed by atoms with Crippen molar-refractivity contribution >= 4 is 57.1 Å². The van der Waals surface area contributed by atoms with E-state index >= 15 is 0 Å². The fraction of sp³-hybridized carbons (Fsp3) is 0.286. The fourth-order valence-corrected chi connectivity index (χ4v) is 6.38. The summed E-state index contributed by atoms with van der Waals surface area (Å²) in [6.45, 7) is 1.24. The Kier molecular flexibility index (Phi) is 3.55. The molecule has 0 aromatic carbocycles. The lowest BCUT2D eigenvalue weighted by molar-refractivity contribution is 0.475. The first-order chi connectivity index (χ1) is 11.5. The summed E-state index contributed by atoms with van der Waals surface area (Å²) in [4.78, 5) is 11.1. The van der Waals surface area contributed by atoms with Crippen molar-refractivity contribution in [2.24, 2.45) is 0 Å². The molecule has 1 fully saturated rings. The average Bonchev–Trinajstić information content (AvgIpc) is 3.00. The van der Waals surface area contributed by atoms with Crippen molar-refractivity contribution in [3.05, 3.63) is 32.0 Å². The van der Waals surface area contributed by atoms with Gasteiger partial charge in [0.05, 0.1) is 10.3 Å². The average molecular weight is 395 g/mol. The highest BCUT2D eigenvalue weighted by Crippen LogP contribution is 2.58. The Hall–Kier alpha value is -1.71. The number of rotatable bonds is 1. The monoisotopic (exact) mass is 394 g/mol. The second-order valence-electron chi connectivity index (χ2n) is 5.48. The number of halogens is 2. The van der Waals surface area contributed by atoms with Crippen LogP contribution >= 0.6 is 46.3 Å². The molecule has 2 aliphatic heterocycles. The number of nitriles is 2. The Morgan fingerprint density at radius 2 is 1.88 bits per heavy atom. The maximum Gasteiger partial charge on any atom is 0.225 e. The SMILES string of the molecule is N#Cc1c(Cl)nc(Cl)nc1N1CC2(C1)SCc1sc(N)c(C#N)c12. The van der Waals surface area contributed by atoms with Crippen molar-refractivity contribution in [1.29, 1.82) is 10.5 Å². The predicted octanol–water partition coefficient (Wildman–Crippen LogP) is 3.13. The molecule has 1 saturated heterocycles. The van der Waals surface area contributed by atoms with Crippen LogP contribution in [0.3, 0.4) is 0 Å². The third-order valence-corrected chi connectivity index (χ3v) is 7.27. The van der Waals surface area contributed by atoms with Crippen LogP contribution in [0.4, 0.5) is 10.8 Å². The Bertz CT molecular complexity index is 952. The van der Waals surface area contributed by atoms with Crippen LogP contribution in [-0.2, 0) is 10.5 Å². The highest BCUT2D eigenvalue weighted by molar-refractivity contribution is 8.00. The number of thiophene rings is 1. The van der Waals surface area contributed by atoms with E-state index in [-0.39, 0.29) is 20.7 Å². The molecule has 4 heterocycles. The Morgan fingerprint density at radius 1 is 1.17 bits per heavy atom. The first kappa shape index (κ1) is 15.8. The molecule has 0 bridgehead atoms. The van der Waals surface area contributed by atoms with Crippen molar-refractivity contribution in [3.8, 4) is 12.1 Å². The third kappa shape index (κ3) is 2.08. The zero-order chi connectivity index (χ0) is 17.1. The standard InChI is InChI=1S/C14H8Cl2N6S2/c15-10-7(2-18)12(21-13(16)20-10)22-4-14(5-22)9-6(1-17)11(19)24-8(9)3-23-14/h3-5,19H2. The summed E-state index contributed by atoms with van der Waals surface area (Å²) in [6, 6.07) is 4.26. The van der Waals surface area contributed by atoms with Crippen molar-refractivity contribution < 1.29 is 0 Å². The molecule has 4 rings (SSSR count). The zero-order valence-electron chi connectivity index (χ0n) is 12.0. The molecule has 0 radical (unpaired) electrons. The predicted molar refractivity (Wildman–Crippen MR) is 95.4 cm³/mol. The van der Waals surface area contributed by atoms with E-state index in [2.05, 4.69) is 16.0 Å². The summed E-state index contributed by atoms with van der Waals surface area (Å²) in [5, 5.41) is 19.4. The van der Waals surface area contributed by atoms with Gasteiger partial charge in [0.2, 0.25) is 5.28 Å². The van der Waals surface area contributed by atoms with Gasteiger partial charge in [0, 0.05) is 29.3 Å². The van der Waals surface area contributed by atoms with E-state index in [9.17, 15) is 10.5 Å². The Morgan fingerprint density at radius 3 is 2.54 bits per heavy atom. The first-order valence-corrected chi connectivity index (χ1v) is 9.38. The summed E-state index contributed by atoms with van der Waals surface area (Å²) in [5.41, 5.74) is 7.80. The van der Waals surface area contributed by atoms with Crippen LogP contribution in [0.25, 0.3) is 0 Å². The number of hydrogen-bond acceptors (Lipinski definition) is 8. The molecular weight excluding hydrogens is 387 g/mol. The van der Waals surface area contributed by atoms with Crippen molar-refractivity contribution in [2.45, 2.75) is 10.5 Å². The second-order valence-corrected chi connectivity index (χ2v) is 8.68. The van der Waals surface area contributed by atoms with Gasteiger partial charge in [-0.3, -0.25) is 0 Å². The van der Waals surface area contributed by atoms with Crippen molar-refractivity contribution in [2.75, 3.05) is 23.7 Å². The lowest BCUT2D eigenvalue weighted by Crippen LogP contribution is -2.57. The fourth-order valence-electron chi connectivity index (χ4n) is 3.16. The number of hydrogen-bond donors (Lipinski definition) is 1. The number of nitrogens with zero attached hydrogens (tertiary/aromatic N) is 5. The molecule has 0 unspecified atom stereocenters.